The maximum atomic E-state index is 11.6. The van der Waals surface area contributed by atoms with Gasteiger partial charge in [-0.25, -0.2) is 0 Å². The smallest absolute Gasteiger partial charge is 0.227 e. The Bertz CT molecular complexity index is 230. The first kappa shape index (κ1) is 12.9. The lowest BCUT2D eigenvalue weighted by atomic mass is 9.92. The van der Waals surface area contributed by atoms with Gasteiger partial charge in [-0.05, 0) is 20.3 Å². The van der Waals surface area contributed by atoms with Crippen LogP contribution in [0.2, 0.25) is 0 Å². The summed E-state index contributed by atoms with van der Waals surface area (Å²) in [5, 5.41) is 11.3. The minimum absolute atomic E-state index is 0.0571. The van der Waals surface area contributed by atoms with Crippen LogP contribution in [0.4, 0.5) is 0 Å². The maximum absolute atomic E-state index is 11.6. The second-order valence-corrected chi connectivity index (χ2v) is 4.03. The van der Waals surface area contributed by atoms with Gasteiger partial charge in [-0.2, -0.15) is 5.26 Å². The van der Waals surface area contributed by atoms with Crippen molar-refractivity contribution in [1.29, 1.82) is 5.26 Å². The number of hydrogen-bond acceptors (Lipinski definition) is 3. The predicted molar refractivity (Wildman–Crippen MR) is 55.3 cm³/mol. The fourth-order valence-corrected chi connectivity index (χ4v) is 0.881. The number of carbonyl (C=O) groups excluding carboxylic acids is 1. The number of amides is 1. The van der Waals surface area contributed by atoms with Crippen molar-refractivity contribution in [2.45, 2.75) is 39.7 Å². The molecule has 0 aromatic heterocycles. The van der Waals surface area contributed by atoms with E-state index < -0.39 is 5.41 Å². The van der Waals surface area contributed by atoms with Gasteiger partial charge < -0.3 is 11.1 Å². The van der Waals surface area contributed by atoms with Crippen LogP contribution in [-0.2, 0) is 4.79 Å². The molecule has 1 atom stereocenters. The van der Waals surface area contributed by atoms with Crippen molar-refractivity contribution in [3.8, 4) is 6.07 Å². The molecule has 0 aliphatic carbocycles. The zero-order chi connectivity index (χ0) is 11.2. The van der Waals surface area contributed by atoms with E-state index in [9.17, 15) is 4.79 Å². The Morgan fingerprint density at radius 1 is 1.64 bits per heavy atom. The average Bonchev–Trinajstić information content (AvgIpc) is 2.16. The lowest BCUT2D eigenvalue weighted by Gasteiger charge is -2.24. The van der Waals surface area contributed by atoms with E-state index in [0.717, 1.165) is 6.42 Å². The Morgan fingerprint density at radius 3 is 2.57 bits per heavy atom. The van der Waals surface area contributed by atoms with Crippen LogP contribution in [0.1, 0.15) is 33.6 Å². The molecule has 0 saturated carbocycles. The highest BCUT2D eigenvalue weighted by Crippen LogP contribution is 2.13. The van der Waals surface area contributed by atoms with Gasteiger partial charge in [-0.15, -0.1) is 0 Å². The zero-order valence-electron chi connectivity index (χ0n) is 9.13. The molecule has 1 unspecified atom stereocenters. The van der Waals surface area contributed by atoms with Crippen molar-refractivity contribution >= 4 is 5.91 Å². The Morgan fingerprint density at radius 2 is 2.21 bits per heavy atom. The van der Waals surface area contributed by atoms with Gasteiger partial charge in [0.2, 0.25) is 5.91 Å². The van der Waals surface area contributed by atoms with Crippen molar-refractivity contribution in [3.63, 3.8) is 0 Å². The largest absolute Gasteiger partial charge is 0.352 e. The lowest BCUT2D eigenvalue weighted by Crippen LogP contribution is -2.45. The van der Waals surface area contributed by atoms with Crippen molar-refractivity contribution in [2.24, 2.45) is 11.1 Å². The van der Waals surface area contributed by atoms with Gasteiger partial charge in [0.1, 0.15) is 0 Å². The van der Waals surface area contributed by atoms with E-state index >= 15 is 0 Å². The molecule has 4 nitrogen and oxygen atoms in total. The SMILES string of the molecule is CCC(CC#N)NC(=O)C(C)(C)CN. The van der Waals surface area contributed by atoms with Crippen molar-refractivity contribution in [3.05, 3.63) is 0 Å². The third-order valence-electron chi connectivity index (χ3n) is 2.29. The highest BCUT2D eigenvalue weighted by molar-refractivity contribution is 5.82. The Balaban J connectivity index is 4.23. The summed E-state index contributed by atoms with van der Waals surface area (Å²) < 4.78 is 0. The molecule has 0 bridgehead atoms. The van der Waals surface area contributed by atoms with Crippen LogP contribution >= 0.6 is 0 Å². The molecule has 0 saturated heterocycles. The van der Waals surface area contributed by atoms with Crippen LogP contribution < -0.4 is 11.1 Å². The molecule has 80 valence electrons. The third kappa shape index (κ3) is 3.75. The summed E-state index contributed by atoms with van der Waals surface area (Å²) in [5.41, 5.74) is 4.92. The zero-order valence-corrected chi connectivity index (χ0v) is 9.13. The number of carbonyl (C=O) groups is 1. The van der Waals surface area contributed by atoms with E-state index in [0.29, 0.717) is 13.0 Å². The summed E-state index contributed by atoms with van der Waals surface area (Å²) in [6.45, 7) is 5.84. The van der Waals surface area contributed by atoms with Gasteiger partial charge in [-0.3, -0.25) is 4.79 Å². The molecule has 0 aliphatic rings. The summed E-state index contributed by atoms with van der Waals surface area (Å²) in [5.74, 6) is -0.0814. The van der Waals surface area contributed by atoms with Gasteiger partial charge in [0.05, 0.1) is 17.9 Å². The molecule has 0 radical (unpaired) electrons. The second kappa shape index (κ2) is 5.61. The first-order valence-electron chi connectivity index (χ1n) is 4.86. The molecular formula is C10H19N3O. The highest BCUT2D eigenvalue weighted by atomic mass is 16.2. The molecular weight excluding hydrogens is 178 g/mol. The fraction of sp³-hybridized carbons (Fsp3) is 0.800. The van der Waals surface area contributed by atoms with Gasteiger partial charge in [-0.1, -0.05) is 6.92 Å². The van der Waals surface area contributed by atoms with E-state index in [1.807, 2.05) is 13.0 Å². The number of nitrogens with one attached hydrogen (secondary N) is 1. The van der Waals surface area contributed by atoms with Crippen LogP contribution in [0.15, 0.2) is 0 Å². The van der Waals surface area contributed by atoms with Gasteiger partial charge in [0.25, 0.3) is 0 Å². The number of nitrogens with zero attached hydrogens (tertiary/aromatic N) is 1. The molecule has 0 aromatic rings. The first-order chi connectivity index (χ1) is 6.47. The van der Waals surface area contributed by atoms with Crippen LogP contribution in [0.3, 0.4) is 0 Å². The topological polar surface area (TPSA) is 78.9 Å². The molecule has 1 amide bonds. The molecule has 0 aliphatic heterocycles. The summed E-state index contributed by atoms with van der Waals surface area (Å²) in [6.07, 6.45) is 1.11. The summed E-state index contributed by atoms with van der Waals surface area (Å²) in [7, 11) is 0. The minimum Gasteiger partial charge on any atom is -0.352 e. The third-order valence-corrected chi connectivity index (χ3v) is 2.29. The molecule has 0 rings (SSSR count). The maximum Gasteiger partial charge on any atom is 0.227 e. The molecule has 0 fully saturated rings. The molecule has 4 heteroatoms. The highest BCUT2D eigenvalue weighted by Gasteiger charge is 2.27. The summed E-state index contributed by atoms with van der Waals surface area (Å²) >= 11 is 0. The molecule has 3 N–H and O–H groups in total. The molecule has 14 heavy (non-hydrogen) atoms. The van der Waals surface area contributed by atoms with E-state index in [2.05, 4.69) is 5.32 Å². The van der Waals surface area contributed by atoms with Gasteiger partial charge in [0, 0.05) is 12.6 Å². The van der Waals surface area contributed by atoms with E-state index in [4.69, 9.17) is 11.0 Å². The monoisotopic (exact) mass is 197 g/mol. The number of hydrogen-bond donors (Lipinski definition) is 2. The number of nitriles is 1. The summed E-state index contributed by atoms with van der Waals surface area (Å²) in [6, 6.07) is 1.99. The van der Waals surface area contributed by atoms with Crippen molar-refractivity contribution in [1.82, 2.24) is 5.32 Å². The van der Waals surface area contributed by atoms with Gasteiger partial charge >= 0.3 is 0 Å². The Kier molecular flexibility index (Phi) is 5.18. The van der Waals surface area contributed by atoms with Crippen LogP contribution in [0, 0.1) is 16.7 Å². The quantitative estimate of drug-likeness (QED) is 0.683. The van der Waals surface area contributed by atoms with Crippen molar-refractivity contribution < 1.29 is 4.79 Å². The number of nitrogens with two attached hydrogens (primary N) is 1. The van der Waals surface area contributed by atoms with E-state index in [1.165, 1.54) is 0 Å². The van der Waals surface area contributed by atoms with Crippen molar-refractivity contribution in [2.75, 3.05) is 6.54 Å². The Labute approximate surface area is 85.5 Å². The summed E-state index contributed by atoms with van der Waals surface area (Å²) in [4.78, 5) is 11.6. The Hall–Kier alpha value is -1.08. The van der Waals surface area contributed by atoms with Crippen LogP contribution in [0.25, 0.3) is 0 Å². The van der Waals surface area contributed by atoms with E-state index in [1.54, 1.807) is 13.8 Å². The average molecular weight is 197 g/mol. The van der Waals surface area contributed by atoms with Gasteiger partial charge in [0.15, 0.2) is 0 Å². The standard InChI is InChI=1S/C10H19N3O/c1-4-8(5-6-11)13-9(14)10(2,3)7-12/h8H,4-5,7,12H2,1-3H3,(H,13,14). The molecule has 0 aromatic carbocycles. The predicted octanol–water partition coefficient (Wildman–Crippen LogP) is 0.780. The first-order valence-corrected chi connectivity index (χ1v) is 4.86. The lowest BCUT2D eigenvalue weighted by molar-refractivity contribution is -0.129. The second-order valence-electron chi connectivity index (χ2n) is 4.03. The number of rotatable bonds is 5. The fourth-order valence-electron chi connectivity index (χ4n) is 0.881. The van der Waals surface area contributed by atoms with Crippen LogP contribution in [0.5, 0.6) is 0 Å². The molecule has 0 heterocycles. The van der Waals surface area contributed by atoms with Crippen LogP contribution in [-0.4, -0.2) is 18.5 Å². The minimum atomic E-state index is -0.553. The van der Waals surface area contributed by atoms with E-state index in [-0.39, 0.29) is 11.9 Å². The molecule has 0 spiro atoms. The normalized spacial score (nSPS) is 13.1.